The molecule has 150 valence electrons. The Kier molecular flexibility index (Phi) is 5.80. The monoisotopic (exact) mass is 399 g/mol. The Balaban J connectivity index is 1.71. The number of carbonyl (C=O) groups is 1. The van der Waals surface area contributed by atoms with Gasteiger partial charge in [-0.3, -0.25) is 14.8 Å². The molecular formula is C25H22FN3O. The predicted molar refractivity (Wildman–Crippen MR) is 119 cm³/mol. The zero-order valence-electron chi connectivity index (χ0n) is 16.7. The van der Waals surface area contributed by atoms with Gasteiger partial charge < -0.3 is 5.32 Å². The van der Waals surface area contributed by atoms with Crippen LogP contribution in [0.5, 0.6) is 0 Å². The minimum atomic E-state index is -0.304. The topological polar surface area (TPSA) is 54.4 Å². The van der Waals surface area contributed by atoms with E-state index in [-0.39, 0.29) is 11.7 Å². The molecule has 30 heavy (non-hydrogen) atoms. The maximum absolute atomic E-state index is 14.6. The van der Waals surface area contributed by atoms with E-state index in [9.17, 15) is 9.18 Å². The Bertz CT molecular complexity index is 1140. The number of anilines is 1. The van der Waals surface area contributed by atoms with Gasteiger partial charge in [0, 0.05) is 42.7 Å². The number of hydrogen-bond acceptors (Lipinski definition) is 3. The molecule has 1 aromatic heterocycles. The molecule has 0 radical (unpaired) electrons. The number of allylic oxidation sites excluding steroid dienone is 1. The van der Waals surface area contributed by atoms with Crippen molar-refractivity contribution in [1.29, 1.82) is 0 Å². The van der Waals surface area contributed by atoms with Crippen molar-refractivity contribution in [3.8, 4) is 11.1 Å². The maximum atomic E-state index is 14.6. The van der Waals surface area contributed by atoms with Gasteiger partial charge >= 0.3 is 0 Å². The van der Waals surface area contributed by atoms with Crippen LogP contribution in [0.3, 0.4) is 0 Å². The third-order valence-corrected chi connectivity index (χ3v) is 4.94. The lowest BCUT2D eigenvalue weighted by Crippen LogP contribution is -2.11. The van der Waals surface area contributed by atoms with Crippen LogP contribution < -0.4 is 5.32 Å². The highest BCUT2D eigenvalue weighted by atomic mass is 19.1. The van der Waals surface area contributed by atoms with Gasteiger partial charge in [-0.05, 0) is 72.0 Å². The van der Waals surface area contributed by atoms with Gasteiger partial charge in [0.25, 0.3) is 0 Å². The quantitative estimate of drug-likeness (QED) is 0.629. The van der Waals surface area contributed by atoms with E-state index in [0.717, 1.165) is 41.8 Å². The molecule has 1 amide bonds. The van der Waals surface area contributed by atoms with Gasteiger partial charge in [0.05, 0.1) is 5.71 Å². The van der Waals surface area contributed by atoms with Gasteiger partial charge in [-0.1, -0.05) is 18.2 Å². The summed E-state index contributed by atoms with van der Waals surface area (Å²) < 4.78 is 14.6. The zero-order chi connectivity index (χ0) is 20.9. The first-order valence-corrected chi connectivity index (χ1v) is 9.93. The van der Waals surface area contributed by atoms with Crippen molar-refractivity contribution in [3.63, 3.8) is 0 Å². The standard InChI is InChI=1S/C25H22FN3O/c1-17(30)29-22-8-2-5-19(15-22)23-14-18(9-10-24(23)26)13-20-6-4-12-28-25(20)21-7-3-11-27-16-21/h2-3,5,7-11,13-16H,4,6,12H2,1H3,(H,29,30)/b20-13+. The van der Waals surface area contributed by atoms with Crippen molar-refractivity contribution in [2.24, 2.45) is 4.99 Å². The van der Waals surface area contributed by atoms with E-state index >= 15 is 0 Å². The van der Waals surface area contributed by atoms with E-state index in [0.29, 0.717) is 16.8 Å². The molecule has 3 aromatic rings. The van der Waals surface area contributed by atoms with Crippen LogP contribution in [0.15, 0.2) is 77.6 Å². The van der Waals surface area contributed by atoms with E-state index < -0.39 is 0 Å². The number of amides is 1. The Morgan fingerprint density at radius 3 is 2.77 bits per heavy atom. The Morgan fingerprint density at radius 1 is 1.10 bits per heavy atom. The summed E-state index contributed by atoms with van der Waals surface area (Å²) in [5.74, 6) is -0.465. The molecule has 0 saturated heterocycles. The van der Waals surface area contributed by atoms with Crippen LogP contribution in [-0.4, -0.2) is 23.1 Å². The second-order valence-corrected chi connectivity index (χ2v) is 7.25. The van der Waals surface area contributed by atoms with Crippen LogP contribution in [0.1, 0.15) is 30.9 Å². The van der Waals surface area contributed by atoms with Crippen molar-refractivity contribution in [2.45, 2.75) is 19.8 Å². The summed E-state index contributed by atoms with van der Waals surface area (Å²) in [6.45, 7) is 2.25. The number of nitrogens with one attached hydrogen (secondary N) is 1. The third kappa shape index (κ3) is 4.51. The van der Waals surface area contributed by atoms with Crippen LogP contribution in [0.4, 0.5) is 10.1 Å². The summed E-state index contributed by atoms with van der Waals surface area (Å²) in [6, 6.07) is 16.2. The number of aromatic nitrogens is 1. The first-order chi connectivity index (χ1) is 14.6. The Labute approximate surface area is 175 Å². The molecule has 0 saturated carbocycles. The van der Waals surface area contributed by atoms with Gasteiger partial charge in [0.1, 0.15) is 5.82 Å². The molecule has 1 N–H and O–H groups in total. The average Bonchev–Trinajstić information content (AvgIpc) is 2.76. The molecule has 5 heteroatoms. The summed E-state index contributed by atoms with van der Waals surface area (Å²) in [4.78, 5) is 20.3. The summed E-state index contributed by atoms with van der Waals surface area (Å²) in [6.07, 6.45) is 7.55. The normalized spacial score (nSPS) is 15.0. The first-order valence-electron chi connectivity index (χ1n) is 9.93. The van der Waals surface area contributed by atoms with Crippen molar-refractivity contribution >= 4 is 23.4 Å². The van der Waals surface area contributed by atoms with Crippen molar-refractivity contribution < 1.29 is 9.18 Å². The van der Waals surface area contributed by atoms with Crippen molar-refractivity contribution in [3.05, 3.63) is 89.5 Å². The minimum absolute atomic E-state index is 0.161. The van der Waals surface area contributed by atoms with Gasteiger partial charge in [-0.2, -0.15) is 0 Å². The molecule has 0 atom stereocenters. The summed E-state index contributed by atoms with van der Waals surface area (Å²) in [5, 5.41) is 2.74. The minimum Gasteiger partial charge on any atom is -0.326 e. The summed E-state index contributed by atoms with van der Waals surface area (Å²) >= 11 is 0. The van der Waals surface area contributed by atoms with E-state index in [1.165, 1.54) is 13.0 Å². The highest BCUT2D eigenvalue weighted by molar-refractivity contribution is 6.15. The van der Waals surface area contributed by atoms with Crippen molar-refractivity contribution in [2.75, 3.05) is 11.9 Å². The Hall–Kier alpha value is -3.60. The number of benzene rings is 2. The van der Waals surface area contributed by atoms with Gasteiger partial charge in [-0.25, -0.2) is 4.39 Å². The summed E-state index contributed by atoms with van der Waals surface area (Å²) in [7, 11) is 0. The third-order valence-electron chi connectivity index (χ3n) is 4.94. The zero-order valence-corrected chi connectivity index (χ0v) is 16.7. The second kappa shape index (κ2) is 8.82. The number of aliphatic imine (C=N–C) groups is 1. The lowest BCUT2D eigenvalue weighted by molar-refractivity contribution is -0.114. The molecule has 1 aliphatic heterocycles. The molecule has 2 heterocycles. The van der Waals surface area contributed by atoms with Crippen LogP contribution in [0.2, 0.25) is 0 Å². The fourth-order valence-electron chi connectivity index (χ4n) is 3.62. The fraction of sp³-hybridized carbons (Fsp3) is 0.160. The number of halogens is 1. The molecule has 0 spiro atoms. The SMILES string of the molecule is CC(=O)Nc1cccc(-c2cc(/C=C3\CCCN=C3c3cccnc3)ccc2F)c1. The smallest absolute Gasteiger partial charge is 0.221 e. The van der Waals surface area contributed by atoms with Crippen LogP contribution >= 0.6 is 0 Å². The predicted octanol–water partition coefficient (Wildman–Crippen LogP) is 5.51. The van der Waals surface area contributed by atoms with E-state index in [1.807, 2.05) is 30.5 Å². The van der Waals surface area contributed by atoms with Gasteiger partial charge in [0.15, 0.2) is 0 Å². The average molecular weight is 399 g/mol. The van der Waals surface area contributed by atoms with Crippen LogP contribution in [0, 0.1) is 5.82 Å². The van der Waals surface area contributed by atoms with E-state index in [2.05, 4.69) is 16.4 Å². The molecule has 4 nitrogen and oxygen atoms in total. The second-order valence-electron chi connectivity index (χ2n) is 7.25. The highest BCUT2D eigenvalue weighted by Gasteiger charge is 2.15. The number of pyridine rings is 1. The van der Waals surface area contributed by atoms with Gasteiger partial charge in [0.2, 0.25) is 5.91 Å². The largest absolute Gasteiger partial charge is 0.326 e. The number of hydrogen-bond donors (Lipinski definition) is 1. The van der Waals surface area contributed by atoms with Crippen LogP contribution in [-0.2, 0) is 4.79 Å². The fourth-order valence-corrected chi connectivity index (χ4v) is 3.62. The number of carbonyl (C=O) groups excluding carboxylic acids is 1. The summed E-state index contributed by atoms with van der Waals surface area (Å²) in [5.41, 5.74) is 5.82. The molecule has 0 unspecified atom stereocenters. The molecule has 1 aliphatic rings. The van der Waals surface area contributed by atoms with E-state index in [4.69, 9.17) is 4.99 Å². The molecule has 2 aromatic carbocycles. The Morgan fingerprint density at radius 2 is 1.97 bits per heavy atom. The number of nitrogens with zero attached hydrogens (tertiary/aromatic N) is 2. The molecule has 0 aliphatic carbocycles. The lowest BCUT2D eigenvalue weighted by atomic mass is 9.94. The highest BCUT2D eigenvalue weighted by Crippen LogP contribution is 2.28. The van der Waals surface area contributed by atoms with Gasteiger partial charge in [-0.15, -0.1) is 0 Å². The number of rotatable bonds is 4. The van der Waals surface area contributed by atoms with Crippen molar-refractivity contribution in [1.82, 2.24) is 4.98 Å². The first kappa shape index (κ1) is 19.7. The molecule has 0 fully saturated rings. The molecule has 0 bridgehead atoms. The van der Waals surface area contributed by atoms with Crippen LogP contribution in [0.25, 0.3) is 17.2 Å². The maximum Gasteiger partial charge on any atom is 0.221 e. The molecular weight excluding hydrogens is 377 g/mol. The molecule has 4 rings (SSSR count). The lowest BCUT2D eigenvalue weighted by Gasteiger charge is -2.16. The van der Waals surface area contributed by atoms with E-state index in [1.54, 1.807) is 30.5 Å².